The summed E-state index contributed by atoms with van der Waals surface area (Å²) in [5.41, 5.74) is 1.96. The van der Waals surface area contributed by atoms with Crippen LogP contribution in [-0.4, -0.2) is 17.1 Å². The zero-order chi connectivity index (χ0) is 18.6. The van der Waals surface area contributed by atoms with Crippen molar-refractivity contribution in [3.8, 4) is 29.0 Å². The Hall–Kier alpha value is -3.91. The van der Waals surface area contributed by atoms with Gasteiger partial charge in [-0.1, -0.05) is 30.0 Å². The van der Waals surface area contributed by atoms with Crippen LogP contribution >= 0.6 is 0 Å². The summed E-state index contributed by atoms with van der Waals surface area (Å²) in [5.74, 6) is 6.95. The number of hydrogen-bond acceptors (Lipinski definition) is 5. The van der Waals surface area contributed by atoms with Crippen molar-refractivity contribution in [1.82, 2.24) is 9.97 Å². The van der Waals surface area contributed by atoms with Gasteiger partial charge in [-0.3, -0.25) is 9.78 Å². The molecule has 0 aliphatic heterocycles. The predicted octanol–water partition coefficient (Wildman–Crippen LogP) is 3.66. The van der Waals surface area contributed by atoms with Crippen molar-refractivity contribution in [2.45, 2.75) is 0 Å². The minimum absolute atomic E-state index is 0.227. The fraction of sp³-hybridized carbons (Fsp3) is 0.0455. The maximum absolute atomic E-state index is 12.6. The molecule has 130 valence electrons. The van der Waals surface area contributed by atoms with Gasteiger partial charge in [0.1, 0.15) is 11.1 Å². The topological polar surface area (TPSA) is 65.2 Å². The molecule has 2 aromatic heterocycles. The zero-order valence-electron chi connectivity index (χ0n) is 14.5. The lowest BCUT2D eigenvalue weighted by Crippen LogP contribution is -2.09. The Morgan fingerprint density at radius 1 is 0.963 bits per heavy atom. The van der Waals surface area contributed by atoms with Crippen LogP contribution < -0.4 is 10.3 Å². The third kappa shape index (κ3) is 3.42. The van der Waals surface area contributed by atoms with E-state index in [4.69, 9.17) is 9.15 Å². The van der Waals surface area contributed by atoms with E-state index in [1.807, 2.05) is 30.3 Å². The van der Waals surface area contributed by atoms with Gasteiger partial charge in [-0.25, -0.2) is 0 Å². The van der Waals surface area contributed by atoms with E-state index in [1.54, 1.807) is 37.6 Å². The summed E-state index contributed by atoms with van der Waals surface area (Å²) in [5, 5.41) is 0.325. The molecule has 5 heteroatoms. The van der Waals surface area contributed by atoms with Crippen molar-refractivity contribution in [3.63, 3.8) is 0 Å². The molecule has 0 aliphatic carbocycles. The van der Waals surface area contributed by atoms with E-state index < -0.39 is 5.56 Å². The highest BCUT2D eigenvalue weighted by Crippen LogP contribution is 2.23. The minimum Gasteiger partial charge on any atom is -0.497 e. The third-order valence-corrected chi connectivity index (χ3v) is 3.99. The third-order valence-electron chi connectivity index (χ3n) is 3.99. The van der Waals surface area contributed by atoms with Gasteiger partial charge >= 0.3 is 0 Å². The highest BCUT2D eigenvalue weighted by Gasteiger charge is 2.12. The molecule has 0 bridgehead atoms. The van der Waals surface area contributed by atoms with Crippen LogP contribution in [0.15, 0.2) is 76.2 Å². The second kappa shape index (κ2) is 7.14. The Labute approximate surface area is 155 Å². The molecule has 0 amide bonds. The molecule has 2 aromatic carbocycles. The summed E-state index contributed by atoms with van der Waals surface area (Å²) >= 11 is 0. The Balaban J connectivity index is 1.81. The van der Waals surface area contributed by atoms with E-state index in [9.17, 15) is 4.79 Å². The molecule has 0 saturated heterocycles. The average Bonchev–Trinajstić information content (AvgIpc) is 2.72. The van der Waals surface area contributed by atoms with Gasteiger partial charge in [-0.15, -0.1) is 0 Å². The molecular formula is C22H14N2O3. The number of benzene rings is 2. The number of rotatable bonds is 2. The maximum Gasteiger partial charge on any atom is 0.285 e. The van der Waals surface area contributed by atoms with Crippen molar-refractivity contribution < 1.29 is 9.15 Å². The van der Waals surface area contributed by atoms with Gasteiger partial charge < -0.3 is 9.15 Å². The van der Waals surface area contributed by atoms with Crippen LogP contribution in [0.2, 0.25) is 0 Å². The first-order valence-electron chi connectivity index (χ1n) is 8.25. The van der Waals surface area contributed by atoms with Gasteiger partial charge in [0.2, 0.25) is 5.89 Å². The molecule has 0 N–H and O–H groups in total. The van der Waals surface area contributed by atoms with Crippen molar-refractivity contribution in [2.24, 2.45) is 0 Å². The van der Waals surface area contributed by atoms with Gasteiger partial charge in [0, 0.05) is 17.3 Å². The fourth-order valence-corrected chi connectivity index (χ4v) is 2.63. The molecule has 4 rings (SSSR count). The number of nitrogens with zero attached hydrogens (tertiary/aromatic N) is 2. The molecule has 0 aliphatic rings. The SMILES string of the molecule is COc1ccc(-c2nc(=O)c3c(C#Cc4ccccc4)cncc3o2)cc1. The Morgan fingerprint density at radius 3 is 2.48 bits per heavy atom. The van der Waals surface area contributed by atoms with E-state index in [0.717, 1.165) is 5.56 Å². The summed E-state index contributed by atoms with van der Waals surface area (Å²) < 4.78 is 11.0. The normalized spacial score (nSPS) is 10.3. The summed E-state index contributed by atoms with van der Waals surface area (Å²) in [4.78, 5) is 20.9. The van der Waals surface area contributed by atoms with Gasteiger partial charge in [-0.2, -0.15) is 4.98 Å². The second-order valence-electron chi connectivity index (χ2n) is 5.73. The van der Waals surface area contributed by atoms with E-state index in [1.165, 1.54) is 6.20 Å². The molecule has 0 spiro atoms. The molecule has 0 unspecified atom stereocenters. The number of pyridine rings is 1. The van der Waals surface area contributed by atoms with E-state index >= 15 is 0 Å². The molecule has 27 heavy (non-hydrogen) atoms. The summed E-state index contributed by atoms with van der Waals surface area (Å²) in [6.45, 7) is 0. The van der Waals surface area contributed by atoms with Crippen LogP contribution in [-0.2, 0) is 0 Å². The zero-order valence-corrected chi connectivity index (χ0v) is 14.5. The monoisotopic (exact) mass is 354 g/mol. The number of hydrogen-bond donors (Lipinski definition) is 0. The summed E-state index contributed by atoms with van der Waals surface area (Å²) in [7, 11) is 1.59. The van der Waals surface area contributed by atoms with Crippen molar-refractivity contribution in [2.75, 3.05) is 7.11 Å². The van der Waals surface area contributed by atoms with Crippen molar-refractivity contribution in [1.29, 1.82) is 0 Å². The van der Waals surface area contributed by atoms with E-state index in [0.29, 0.717) is 27.8 Å². The van der Waals surface area contributed by atoms with Gasteiger partial charge in [0.05, 0.1) is 18.9 Å². The highest BCUT2D eigenvalue weighted by atomic mass is 16.5. The lowest BCUT2D eigenvalue weighted by Gasteiger charge is -2.04. The van der Waals surface area contributed by atoms with E-state index in [2.05, 4.69) is 21.8 Å². The van der Waals surface area contributed by atoms with Gasteiger partial charge in [0.15, 0.2) is 5.58 Å². The van der Waals surface area contributed by atoms with Gasteiger partial charge in [-0.05, 0) is 36.4 Å². The maximum atomic E-state index is 12.6. The lowest BCUT2D eigenvalue weighted by molar-refractivity contribution is 0.415. The molecule has 0 fully saturated rings. The predicted molar refractivity (Wildman–Crippen MR) is 102 cm³/mol. The van der Waals surface area contributed by atoms with Crippen LogP contribution in [0.5, 0.6) is 5.75 Å². The second-order valence-corrected chi connectivity index (χ2v) is 5.73. The van der Waals surface area contributed by atoms with Crippen LogP contribution in [0.1, 0.15) is 11.1 Å². The molecule has 0 saturated carbocycles. The largest absolute Gasteiger partial charge is 0.497 e. The van der Waals surface area contributed by atoms with E-state index in [-0.39, 0.29) is 5.89 Å². The van der Waals surface area contributed by atoms with Crippen LogP contribution in [0.4, 0.5) is 0 Å². The number of fused-ring (bicyclic) bond motifs is 1. The number of ether oxygens (including phenoxy) is 1. The first-order valence-corrected chi connectivity index (χ1v) is 8.25. The quantitative estimate of drug-likeness (QED) is 0.514. The molecule has 4 aromatic rings. The fourth-order valence-electron chi connectivity index (χ4n) is 2.63. The molecule has 5 nitrogen and oxygen atoms in total. The molecule has 0 atom stereocenters. The molecular weight excluding hydrogens is 340 g/mol. The first kappa shape index (κ1) is 16.6. The van der Waals surface area contributed by atoms with Crippen molar-refractivity contribution in [3.05, 3.63) is 88.5 Å². The number of aromatic nitrogens is 2. The summed E-state index contributed by atoms with van der Waals surface area (Å²) in [6, 6.07) is 16.6. The molecule has 0 radical (unpaired) electrons. The Kier molecular flexibility index (Phi) is 4.38. The average molecular weight is 354 g/mol. The van der Waals surface area contributed by atoms with Crippen LogP contribution in [0.25, 0.3) is 22.4 Å². The van der Waals surface area contributed by atoms with Crippen LogP contribution in [0.3, 0.4) is 0 Å². The summed E-state index contributed by atoms with van der Waals surface area (Å²) in [6.07, 6.45) is 3.04. The van der Waals surface area contributed by atoms with Crippen LogP contribution in [0, 0.1) is 11.8 Å². The molecule has 2 heterocycles. The smallest absolute Gasteiger partial charge is 0.285 e. The van der Waals surface area contributed by atoms with Gasteiger partial charge in [0.25, 0.3) is 5.56 Å². The highest BCUT2D eigenvalue weighted by molar-refractivity contribution is 5.82. The first-order chi connectivity index (χ1) is 13.2. The Morgan fingerprint density at radius 2 is 1.74 bits per heavy atom. The lowest BCUT2D eigenvalue weighted by atomic mass is 10.1. The number of methoxy groups -OCH3 is 1. The van der Waals surface area contributed by atoms with Crippen molar-refractivity contribution >= 4 is 11.0 Å². The minimum atomic E-state index is -0.401. The standard InChI is InChI=1S/C22H14N2O3/c1-26-18-11-9-16(10-12-18)22-24-21(25)20-17(13-23-14-19(20)27-22)8-7-15-5-3-2-4-6-15/h2-6,9-14H,1H3. The Bertz CT molecular complexity index is 1220.